The number of aromatic nitrogens is 2. The lowest BCUT2D eigenvalue weighted by Gasteiger charge is -2.13. The lowest BCUT2D eigenvalue weighted by molar-refractivity contribution is -0.274. The summed E-state index contributed by atoms with van der Waals surface area (Å²) in [6.07, 6.45) is -6.31. The highest BCUT2D eigenvalue weighted by Gasteiger charge is 2.33. The van der Waals surface area contributed by atoms with Gasteiger partial charge in [0.2, 0.25) is 0 Å². The zero-order chi connectivity index (χ0) is 17.5. The van der Waals surface area contributed by atoms with E-state index in [4.69, 9.17) is 11.6 Å². The molecule has 3 aromatic rings. The zero-order valence-electron chi connectivity index (χ0n) is 11.7. The number of nitrogens with zero attached hydrogens (tertiary/aromatic N) is 2. The molecule has 24 heavy (non-hydrogen) atoms. The third-order valence-electron chi connectivity index (χ3n) is 3.20. The molecule has 1 N–H and O–H groups in total. The standard InChI is InChI=1S/C15H8ClF3N2O3/c16-12-6-5-8-7-10(21(14(22)23)13(8)20-12)9-3-1-2-4-11(9)24-15(17,18)19/h1-7H,(H,22,23). The van der Waals surface area contributed by atoms with Crippen molar-refractivity contribution in [1.82, 2.24) is 9.55 Å². The minimum Gasteiger partial charge on any atom is -0.464 e. The summed E-state index contributed by atoms with van der Waals surface area (Å²) in [6.45, 7) is 0. The van der Waals surface area contributed by atoms with Crippen LogP contribution >= 0.6 is 11.6 Å². The van der Waals surface area contributed by atoms with Crippen molar-refractivity contribution in [1.29, 1.82) is 0 Å². The molecule has 5 nitrogen and oxygen atoms in total. The molecule has 1 aromatic carbocycles. The van der Waals surface area contributed by atoms with Crippen molar-refractivity contribution in [3.05, 3.63) is 47.6 Å². The summed E-state index contributed by atoms with van der Waals surface area (Å²) < 4.78 is 42.5. The highest BCUT2D eigenvalue weighted by atomic mass is 35.5. The first-order chi connectivity index (χ1) is 11.3. The molecule has 2 heterocycles. The Bertz CT molecular complexity index is 937. The van der Waals surface area contributed by atoms with E-state index >= 15 is 0 Å². The van der Waals surface area contributed by atoms with E-state index < -0.39 is 18.2 Å². The maximum absolute atomic E-state index is 12.6. The highest BCUT2D eigenvalue weighted by Crippen LogP contribution is 2.36. The molecule has 2 aromatic heterocycles. The number of rotatable bonds is 2. The van der Waals surface area contributed by atoms with Gasteiger partial charge in [-0.05, 0) is 30.3 Å². The fraction of sp³-hybridized carbons (Fsp3) is 0.0667. The average molecular weight is 357 g/mol. The van der Waals surface area contributed by atoms with Gasteiger partial charge in [-0.3, -0.25) is 0 Å². The second-order valence-electron chi connectivity index (χ2n) is 4.74. The molecule has 0 aliphatic carbocycles. The largest absolute Gasteiger partial charge is 0.573 e. The van der Waals surface area contributed by atoms with Crippen LogP contribution in [0, 0.1) is 0 Å². The number of carbonyl (C=O) groups is 1. The Morgan fingerprint density at radius 3 is 2.58 bits per heavy atom. The first-order valence-electron chi connectivity index (χ1n) is 6.53. The molecule has 0 aliphatic heterocycles. The summed E-state index contributed by atoms with van der Waals surface area (Å²) in [4.78, 5) is 15.5. The van der Waals surface area contributed by atoms with Crippen LogP contribution < -0.4 is 4.74 Å². The van der Waals surface area contributed by atoms with Crippen molar-refractivity contribution in [2.75, 3.05) is 0 Å². The first-order valence-corrected chi connectivity index (χ1v) is 6.90. The molecule has 0 aliphatic rings. The smallest absolute Gasteiger partial charge is 0.464 e. The maximum Gasteiger partial charge on any atom is 0.573 e. The van der Waals surface area contributed by atoms with Gasteiger partial charge in [-0.15, -0.1) is 13.2 Å². The van der Waals surface area contributed by atoms with Gasteiger partial charge in [0, 0.05) is 10.9 Å². The van der Waals surface area contributed by atoms with E-state index in [-0.39, 0.29) is 22.1 Å². The van der Waals surface area contributed by atoms with Crippen molar-refractivity contribution >= 4 is 28.7 Å². The summed E-state index contributed by atoms with van der Waals surface area (Å²) in [6, 6.07) is 9.66. The molecule has 0 bridgehead atoms. The molecule has 0 saturated carbocycles. The second kappa shape index (κ2) is 5.72. The molecule has 0 unspecified atom stereocenters. The molecule has 0 atom stereocenters. The number of pyridine rings is 1. The van der Waals surface area contributed by atoms with E-state index in [1.54, 1.807) is 0 Å². The number of hydrogen-bond acceptors (Lipinski definition) is 3. The minimum atomic E-state index is -4.91. The number of carboxylic acid groups (broad SMARTS) is 1. The van der Waals surface area contributed by atoms with Crippen molar-refractivity contribution in [3.8, 4) is 17.0 Å². The summed E-state index contributed by atoms with van der Waals surface area (Å²) in [5, 5.41) is 9.92. The van der Waals surface area contributed by atoms with Gasteiger partial charge in [0.05, 0.1) is 5.69 Å². The molecular formula is C15H8ClF3N2O3. The van der Waals surface area contributed by atoms with Gasteiger partial charge < -0.3 is 9.84 Å². The molecule has 0 radical (unpaired) electrons. The van der Waals surface area contributed by atoms with Gasteiger partial charge in [0.15, 0.2) is 5.65 Å². The van der Waals surface area contributed by atoms with Gasteiger partial charge in [-0.1, -0.05) is 23.7 Å². The van der Waals surface area contributed by atoms with Crippen molar-refractivity contribution in [2.45, 2.75) is 6.36 Å². The number of fused-ring (bicyclic) bond motifs is 1. The monoisotopic (exact) mass is 356 g/mol. The number of hydrogen-bond donors (Lipinski definition) is 1. The van der Waals surface area contributed by atoms with Crippen LogP contribution in [0.1, 0.15) is 0 Å². The normalized spacial score (nSPS) is 11.7. The van der Waals surface area contributed by atoms with Crippen LogP contribution in [0.3, 0.4) is 0 Å². The van der Waals surface area contributed by atoms with Crippen LogP contribution in [0.2, 0.25) is 5.15 Å². The van der Waals surface area contributed by atoms with E-state index in [9.17, 15) is 23.1 Å². The Labute approximate surface area is 137 Å². The maximum atomic E-state index is 12.6. The molecule has 0 amide bonds. The molecule has 0 saturated heterocycles. The predicted octanol–water partition coefficient (Wildman–Crippen LogP) is 4.78. The summed E-state index contributed by atoms with van der Waals surface area (Å²) in [5.41, 5.74) is -0.0229. The number of benzene rings is 1. The average Bonchev–Trinajstić information content (AvgIpc) is 2.84. The van der Waals surface area contributed by atoms with E-state index in [2.05, 4.69) is 9.72 Å². The Hall–Kier alpha value is -2.74. The predicted molar refractivity (Wildman–Crippen MR) is 80.3 cm³/mol. The van der Waals surface area contributed by atoms with E-state index in [1.807, 2.05) is 0 Å². The molecular weight excluding hydrogens is 349 g/mol. The third kappa shape index (κ3) is 3.00. The SMILES string of the molecule is O=C(O)n1c(-c2ccccc2OC(F)(F)F)cc2ccc(Cl)nc21. The van der Waals surface area contributed by atoms with Crippen LogP contribution in [0.4, 0.5) is 18.0 Å². The van der Waals surface area contributed by atoms with Crippen molar-refractivity contribution < 1.29 is 27.8 Å². The van der Waals surface area contributed by atoms with Crippen LogP contribution in [0.25, 0.3) is 22.3 Å². The van der Waals surface area contributed by atoms with Crippen LogP contribution in [-0.2, 0) is 0 Å². The Morgan fingerprint density at radius 2 is 1.92 bits per heavy atom. The van der Waals surface area contributed by atoms with E-state index in [0.717, 1.165) is 10.6 Å². The first kappa shape index (κ1) is 16.1. The summed E-state index contributed by atoms with van der Waals surface area (Å²) >= 11 is 5.78. The van der Waals surface area contributed by atoms with Crippen molar-refractivity contribution in [2.24, 2.45) is 0 Å². The Morgan fingerprint density at radius 1 is 1.21 bits per heavy atom. The summed E-state index contributed by atoms with van der Waals surface area (Å²) in [5.74, 6) is -0.513. The molecule has 0 fully saturated rings. The van der Waals surface area contributed by atoms with Crippen LogP contribution in [0.15, 0.2) is 42.5 Å². The zero-order valence-corrected chi connectivity index (χ0v) is 12.5. The van der Waals surface area contributed by atoms with Gasteiger partial charge in [0.1, 0.15) is 10.9 Å². The van der Waals surface area contributed by atoms with Gasteiger partial charge in [-0.25, -0.2) is 14.3 Å². The molecule has 9 heteroatoms. The van der Waals surface area contributed by atoms with E-state index in [1.165, 1.54) is 36.4 Å². The fourth-order valence-corrected chi connectivity index (χ4v) is 2.48. The molecule has 124 valence electrons. The highest BCUT2D eigenvalue weighted by molar-refractivity contribution is 6.29. The molecule has 0 spiro atoms. The Balaban J connectivity index is 2.27. The summed E-state index contributed by atoms with van der Waals surface area (Å²) in [7, 11) is 0. The Kier molecular flexibility index (Phi) is 3.84. The van der Waals surface area contributed by atoms with Gasteiger partial charge >= 0.3 is 12.5 Å². The van der Waals surface area contributed by atoms with Crippen molar-refractivity contribution in [3.63, 3.8) is 0 Å². The quantitative estimate of drug-likeness (QED) is 0.671. The topological polar surface area (TPSA) is 64.3 Å². The minimum absolute atomic E-state index is 0.00730. The number of para-hydroxylation sites is 1. The lowest BCUT2D eigenvalue weighted by Crippen LogP contribution is -2.18. The van der Waals surface area contributed by atoms with Gasteiger partial charge in [-0.2, -0.15) is 0 Å². The lowest BCUT2D eigenvalue weighted by atomic mass is 10.1. The van der Waals surface area contributed by atoms with E-state index in [0.29, 0.717) is 5.39 Å². The second-order valence-corrected chi connectivity index (χ2v) is 5.13. The third-order valence-corrected chi connectivity index (χ3v) is 3.41. The fourth-order valence-electron chi connectivity index (χ4n) is 2.34. The van der Waals surface area contributed by atoms with Crippen LogP contribution in [-0.4, -0.2) is 27.1 Å². The number of alkyl halides is 3. The van der Waals surface area contributed by atoms with Gasteiger partial charge in [0.25, 0.3) is 0 Å². The molecule has 3 rings (SSSR count). The number of ether oxygens (including phenoxy) is 1. The number of halogens is 4. The van der Waals surface area contributed by atoms with Crippen LogP contribution in [0.5, 0.6) is 5.75 Å².